The topological polar surface area (TPSA) is 110 Å². The van der Waals surface area contributed by atoms with E-state index in [0.29, 0.717) is 18.0 Å². The van der Waals surface area contributed by atoms with Crippen LogP contribution in [0, 0.1) is 0 Å². The largest absolute Gasteiger partial charge is 0.478 e. The molecule has 134 valence electrons. The highest BCUT2D eigenvalue weighted by Gasteiger charge is 2.16. The summed E-state index contributed by atoms with van der Waals surface area (Å²) in [5.41, 5.74) is 1.31. The van der Waals surface area contributed by atoms with Gasteiger partial charge in [-0.25, -0.2) is 14.6 Å². The highest BCUT2D eigenvalue weighted by molar-refractivity contribution is 5.85. The van der Waals surface area contributed by atoms with Gasteiger partial charge in [0.05, 0.1) is 0 Å². The monoisotopic (exact) mass is 354 g/mol. The average molecular weight is 354 g/mol. The van der Waals surface area contributed by atoms with Crippen LogP contribution in [0.15, 0.2) is 39.9 Å². The Labute approximate surface area is 148 Å². The van der Waals surface area contributed by atoms with Crippen LogP contribution < -0.4 is 11.2 Å². The van der Waals surface area contributed by atoms with Gasteiger partial charge in [0.2, 0.25) is 0 Å². The van der Waals surface area contributed by atoms with Crippen LogP contribution in [0.3, 0.4) is 0 Å². The summed E-state index contributed by atoms with van der Waals surface area (Å²) in [6, 6.07) is 7.04. The smallest absolute Gasteiger partial charge is 0.332 e. The van der Waals surface area contributed by atoms with Gasteiger partial charge < -0.3 is 10.1 Å². The summed E-state index contributed by atoms with van der Waals surface area (Å²) in [5.74, 6) is -0.544. The van der Waals surface area contributed by atoms with Crippen molar-refractivity contribution in [1.82, 2.24) is 19.1 Å². The van der Waals surface area contributed by atoms with Crippen molar-refractivity contribution in [1.29, 1.82) is 0 Å². The van der Waals surface area contributed by atoms with E-state index >= 15 is 0 Å². The molecule has 0 saturated carbocycles. The van der Waals surface area contributed by atoms with Gasteiger partial charge in [-0.15, -0.1) is 0 Å². The van der Waals surface area contributed by atoms with Crippen molar-refractivity contribution in [3.05, 3.63) is 56.7 Å². The van der Waals surface area contributed by atoms with Crippen LogP contribution in [0.25, 0.3) is 28.6 Å². The van der Waals surface area contributed by atoms with Crippen LogP contribution in [0.5, 0.6) is 0 Å². The second-order valence-corrected chi connectivity index (χ2v) is 5.65. The van der Waals surface area contributed by atoms with Crippen LogP contribution in [0.1, 0.15) is 19.4 Å². The standard InChI is InChI=1S/C18H18N4O4/c1-3-21-16-14(17(25)22(4-2)18(21)26)19-15(20-16)12-8-5-11(6-9-12)7-10-13(23)24/h5-10H,3-4H2,1-2H3,(H,19,20)(H,23,24)/b10-7+. The number of aromatic amines is 1. The summed E-state index contributed by atoms with van der Waals surface area (Å²) >= 11 is 0. The number of nitrogens with one attached hydrogen (secondary N) is 1. The van der Waals surface area contributed by atoms with Crippen LogP contribution in [-0.4, -0.2) is 30.2 Å². The Hall–Kier alpha value is -3.42. The molecule has 0 fully saturated rings. The molecule has 0 aliphatic heterocycles. The van der Waals surface area contributed by atoms with E-state index in [1.807, 2.05) is 6.92 Å². The fourth-order valence-corrected chi connectivity index (χ4v) is 2.79. The minimum absolute atomic E-state index is 0.284. The number of hydrogen-bond donors (Lipinski definition) is 2. The summed E-state index contributed by atoms with van der Waals surface area (Å²) < 4.78 is 2.64. The zero-order chi connectivity index (χ0) is 18.8. The maximum absolute atomic E-state index is 12.5. The Balaban J connectivity index is 2.12. The van der Waals surface area contributed by atoms with Crippen LogP contribution in [0.2, 0.25) is 0 Å². The Kier molecular flexibility index (Phi) is 4.57. The number of fused-ring (bicyclic) bond motifs is 1. The predicted octanol–water partition coefficient (Wildman–Crippen LogP) is 1.69. The molecule has 0 radical (unpaired) electrons. The van der Waals surface area contributed by atoms with Crippen LogP contribution >= 0.6 is 0 Å². The van der Waals surface area contributed by atoms with Crippen molar-refractivity contribution in [3.63, 3.8) is 0 Å². The van der Waals surface area contributed by atoms with Gasteiger partial charge >= 0.3 is 11.7 Å². The molecule has 2 N–H and O–H groups in total. The number of imidazole rings is 1. The van der Waals surface area contributed by atoms with Gasteiger partial charge in [0, 0.05) is 24.7 Å². The first kappa shape index (κ1) is 17.4. The molecular weight excluding hydrogens is 336 g/mol. The first-order chi connectivity index (χ1) is 12.5. The van der Waals surface area contributed by atoms with Crippen LogP contribution in [0.4, 0.5) is 0 Å². The molecule has 3 rings (SSSR count). The van der Waals surface area contributed by atoms with Crippen molar-refractivity contribution < 1.29 is 9.90 Å². The number of H-pyrrole nitrogens is 1. The molecule has 0 unspecified atom stereocenters. The molecule has 8 heteroatoms. The summed E-state index contributed by atoms with van der Waals surface area (Å²) in [6.45, 7) is 4.25. The predicted molar refractivity (Wildman–Crippen MR) is 98.1 cm³/mol. The third kappa shape index (κ3) is 2.97. The van der Waals surface area contributed by atoms with E-state index in [1.54, 1.807) is 31.2 Å². The normalized spacial score (nSPS) is 11.5. The zero-order valence-corrected chi connectivity index (χ0v) is 14.4. The Morgan fingerprint density at radius 1 is 1.15 bits per heavy atom. The molecule has 0 spiro atoms. The van der Waals surface area contributed by atoms with Gasteiger partial charge in [-0.3, -0.25) is 13.9 Å². The first-order valence-corrected chi connectivity index (χ1v) is 8.21. The first-order valence-electron chi connectivity index (χ1n) is 8.21. The molecule has 0 bridgehead atoms. The maximum Gasteiger partial charge on any atom is 0.332 e. The molecule has 0 atom stereocenters. The molecule has 8 nitrogen and oxygen atoms in total. The molecular formula is C18H18N4O4. The lowest BCUT2D eigenvalue weighted by Crippen LogP contribution is -2.39. The third-order valence-corrected chi connectivity index (χ3v) is 4.10. The molecule has 2 heterocycles. The lowest BCUT2D eigenvalue weighted by molar-refractivity contribution is -0.131. The van der Waals surface area contributed by atoms with Crippen molar-refractivity contribution in [2.75, 3.05) is 0 Å². The van der Waals surface area contributed by atoms with Crippen molar-refractivity contribution in [2.24, 2.45) is 0 Å². The zero-order valence-electron chi connectivity index (χ0n) is 14.4. The fraction of sp³-hybridized carbons (Fsp3) is 0.222. The summed E-state index contributed by atoms with van der Waals surface area (Å²) in [7, 11) is 0. The van der Waals surface area contributed by atoms with E-state index in [4.69, 9.17) is 5.11 Å². The van der Waals surface area contributed by atoms with E-state index in [0.717, 1.165) is 17.2 Å². The van der Waals surface area contributed by atoms with Crippen molar-refractivity contribution in [3.8, 4) is 11.4 Å². The number of hydrogen-bond acceptors (Lipinski definition) is 4. The number of aliphatic carboxylic acids is 1. The van der Waals surface area contributed by atoms with E-state index in [-0.39, 0.29) is 17.8 Å². The number of rotatable bonds is 5. The minimum Gasteiger partial charge on any atom is -0.478 e. The molecule has 26 heavy (non-hydrogen) atoms. The lowest BCUT2D eigenvalue weighted by atomic mass is 10.1. The molecule has 0 aliphatic carbocycles. The maximum atomic E-state index is 12.5. The molecule has 0 aliphatic rings. The van der Waals surface area contributed by atoms with E-state index in [1.165, 1.54) is 15.2 Å². The van der Waals surface area contributed by atoms with Crippen molar-refractivity contribution >= 4 is 23.2 Å². The van der Waals surface area contributed by atoms with Gasteiger partial charge in [0.15, 0.2) is 5.65 Å². The van der Waals surface area contributed by atoms with E-state index < -0.39 is 11.5 Å². The second kappa shape index (κ2) is 6.83. The molecule has 2 aromatic heterocycles. The summed E-state index contributed by atoms with van der Waals surface area (Å²) in [5, 5.41) is 8.67. The minimum atomic E-state index is -1.02. The molecule has 1 aromatic carbocycles. The molecule has 0 saturated heterocycles. The molecule has 0 amide bonds. The quantitative estimate of drug-likeness (QED) is 0.678. The number of carboxylic acid groups (broad SMARTS) is 1. The lowest BCUT2D eigenvalue weighted by Gasteiger charge is -2.06. The number of aromatic nitrogens is 4. The van der Waals surface area contributed by atoms with Gasteiger partial charge in [-0.2, -0.15) is 0 Å². The highest BCUT2D eigenvalue weighted by Crippen LogP contribution is 2.19. The molecule has 3 aromatic rings. The SMILES string of the molecule is CCn1c(=O)c2[nH]c(-c3ccc(/C=C/C(=O)O)cc3)nc2n(CC)c1=O. The Morgan fingerprint density at radius 3 is 2.38 bits per heavy atom. The van der Waals surface area contributed by atoms with Gasteiger partial charge in [-0.05, 0) is 25.5 Å². The number of benzene rings is 1. The summed E-state index contributed by atoms with van der Waals surface area (Å²) in [4.78, 5) is 42.9. The van der Waals surface area contributed by atoms with E-state index in [9.17, 15) is 14.4 Å². The van der Waals surface area contributed by atoms with Crippen LogP contribution in [-0.2, 0) is 17.9 Å². The summed E-state index contributed by atoms with van der Waals surface area (Å²) in [6.07, 6.45) is 2.54. The fourth-order valence-electron chi connectivity index (χ4n) is 2.79. The van der Waals surface area contributed by atoms with Gasteiger partial charge in [-0.1, -0.05) is 24.3 Å². The number of carboxylic acids is 1. The second-order valence-electron chi connectivity index (χ2n) is 5.65. The third-order valence-electron chi connectivity index (χ3n) is 4.10. The Bertz CT molecular complexity index is 1120. The highest BCUT2D eigenvalue weighted by atomic mass is 16.4. The van der Waals surface area contributed by atoms with E-state index in [2.05, 4.69) is 9.97 Å². The number of nitrogens with zero attached hydrogens (tertiary/aromatic N) is 3. The van der Waals surface area contributed by atoms with Gasteiger partial charge in [0.1, 0.15) is 11.3 Å². The number of carbonyl (C=O) groups is 1. The number of aryl methyl sites for hydroxylation is 1. The van der Waals surface area contributed by atoms with Crippen molar-refractivity contribution in [2.45, 2.75) is 26.9 Å². The average Bonchev–Trinajstić information content (AvgIpc) is 3.06. The Morgan fingerprint density at radius 2 is 1.81 bits per heavy atom. The van der Waals surface area contributed by atoms with Gasteiger partial charge in [0.25, 0.3) is 5.56 Å².